The molecule has 0 spiro atoms. The van der Waals surface area contributed by atoms with Gasteiger partial charge in [-0.25, -0.2) is 0 Å². The Morgan fingerprint density at radius 3 is 0.670 bits per heavy atom. The van der Waals surface area contributed by atoms with Crippen molar-refractivity contribution in [3.8, 4) is 0 Å². The number of unbranched alkanes of at least 4 members (excludes halogenated alkanes) is 21. The van der Waals surface area contributed by atoms with Gasteiger partial charge in [0.15, 0.2) is 18.3 Å². The summed E-state index contributed by atoms with van der Waals surface area (Å²) in [6.07, 6.45) is 18.2. The zero-order valence-electron chi connectivity index (χ0n) is 66.4. The fourth-order valence-corrected chi connectivity index (χ4v) is 9.76. The lowest BCUT2D eigenvalue weighted by molar-refractivity contribution is -0.168. The number of carbonyl (C=O) groups is 13. The molecule has 0 aliphatic carbocycles. The minimum absolute atomic E-state index is 0.0254. The third-order valence-electron chi connectivity index (χ3n) is 16.2. The van der Waals surface area contributed by atoms with Gasteiger partial charge in [-0.05, 0) is 89.9 Å². The van der Waals surface area contributed by atoms with E-state index in [0.29, 0.717) is 110 Å². The van der Waals surface area contributed by atoms with Crippen LogP contribution in [0.5, 0.6) is 0 Å². The van der Waals surface area contributed by atoms with Gasteiger partial charge in [0.1, 0.15) is 33.0 Å². The lowest BCUT2D eigenvalue weighted by Gasteiger charge is -2.19. The number of esters is 8. The predicted octanol–water partition coefficient (Wildman–Crippen LogP) is 11.0. The summed E-state index contributed by atoms with van der Waals surface area (Å²) in [5.74, 6) is -7.59. The molecular formula is C77H135N5O27. The van der Waals surface area contributed by atoms with Gasteiger partial charge in [0, 0.05) is 96.9 Å². The second kappa shape index (κ2) is 74.9. The molecule has 0 aliphatic heterocycles. The largest absolute Gasteiger partial charge is 0.462 e. The first kappa shape index (κ1) is 102. The maximum absolute atomic E-state index is 13.3. The summed E-state index contributed by atoms with van der Waals surface area (Å²) in [7, 11) is 0. The zero-order chi connectivity index (χ0) is 80.3. The second-order valence-corrected chi connectivity index (χ2v) is 26.6. The van der Waals surface area contributed by atoms with Crippen molar-refractivity contribution in [1.82, 2.24) is 27.4 Å². The highest BCUT2D eigenvalue weighted by molar-refractivity contribution is 5.78. The van der Waals surface area contributed by atoms with Crippen LogP contribution in [0.4, 0.5) is 0 Å². The topological polar surface area (TPSA) is 411 Å². The van der Waals surface area contributed by atoms with Crippen molar-refractivity contribution in [2.24, 2.45) is 0 Å². The maximum Gasteiger partial charge on any atom is 0.325 e. The van der Waals surface area contributed by atoms with Crippen LogP contribution in [-0.2, 0) is 129 Å². The first-order valence-electron chi connectivity index (χ1n) is 40.4. The Hall–Kier alpha value is -7.13. The third kappa shape index (κ3) is 71.0. The van der Waals surface area contributed by atoms with E-state index in [2.05, 4.69) is 27.4 Å². The van der Waals surface area contributed by atoms with Gasteiger partial charge in [-0.3, -0.25) is 62.3 Å². The summed E-state index contributed by atoms with van der Waals surface area (Å²) < 4.78 is 49.6. The highest BCUT2D eigenvalue weighted by atomic mass is 16.7. The van der Waals surface area contributed by atoms with Crippen LogP contribution in [-0.4, -0.2) is 175 Å². The van der Waals surface area contributed by atoms with Crippen LogP contribution in [0, 0.1) is 0 Å². The fraction of sp³-hybridized carbons (Fsp3) is 0.831. The van der Waals surface area contributed by atoms with Crippen LogP contribution in [0.3, 0.4) is 0 Å². The highest BCUT2D eigenvalue weighted by Gasteiger charge is 2.24. The number of carbonyl (C=O) groups excluding carboxylic acids is 13. The standard InChI is InChI=1S/C77H135N5O27/c1-6-11-50-78-105-73(91)41-32-24-16-20-28-37-65(83)97-58-63(103-70(88)39-30-22-18-26-34-43-75(93)107-80-52-13-8-3)60-99-67(85)45-36-46-72(90)102-62(57-100-68(86)47-48-77(95)109-82-54-15-10-5)56-96-55-49-69(87)101-61-64(104-71(89)40-31-23-19-27-35-44-76(94)108-81-53-14-9-4)59-98-66(84)38-29-21-17-25-33-42-74(92)106-79-51-12-7-2/h62-64,78-82H,6-61H2,1-5H3. The van der Waals surface area contributed by atoms with E-state index >= 15 is 0 Å². The molecule has 5 N–H and O–H groups in total. The number of hydrogen-bond acceptors (Lipinski definition) is 32. The molecule has 0 radical (unpaired) electrons. The van der Waals surface area contributed by atoms with E-state index in [1.807, 2.05) is 34.6 Å². The SMILES string of the molecule is CCCCNOC(=O)CCCCCCCC(=O)OCC(COC(=O)CCCC(=O)OC(COCCC(=O)OCC(COC(=O)CCCCCCCC(=O)ONCCCC)OC(=O)CCCCCCCC(=O)ONCCCC)COC(=O)CCC(=O)ONCCCC)OC(=O)CCCCCCCC(=O)ONCCCC. The first-order valence-corrected chi connectivity index (χ1v) is 40.4. The molecule has 32 heteroatoms. The van der Waals surface area contributed by atoms with Crippen LogP contribution in [0.25, 0.3) is 0 Å². The number of hydrogen-bond donors (Lipinski definition) is 5. The molecule has 0 bridgehead atoms. The predicted molar refractivity (Wildman–Crippen MR) is 397 cm³/mol. The quantitative estimate of drug-likeness (QED) is 0.0163. The van der Waals surface area contributed by atoms with E-state index in [1.54, 1.807) is 0 Å². The van der Waals surface area contributed by atoms with Crippen molar-refractivity contribution >= 4 is 77.6 Å². The van der Waals surface area contributed by atoms with Crippen molar-refractivity contribution in [1.29, 1.82) is 0 Å². The van der Waals surface area contributed by atoms with Gasteiger partial charge in [-0.1, -0.05) is 144 Å². The van der Waals surface area contributed by atoms with Gasteiger partial charge in [0.05, 0.1) is 32.5 Å². The molecule has 0 aromatic heterocycles. The summed E-state index contributed by atoms with van der Waals surface area (Å²) in [4.78, 5) is 189. The molecule has 32 nitrogen and oxygen atoms in total. The molecule has 0 saturated carbocycles. The van der Waals surface area contributed by atoms with E-state index in [9.17, 15) is 62.3 Å². The summed E-state index contributed by atoms with van der Waals surface area (Å²) >= 11 is 0. The van der Waals surface area contributed by atoms with Crippen LogP contribution in [0.1, 0.15) is 317 Å². The zero-order valence-corrected chi connectivity index (χ0v) is 66.4. The Labute approximate surface area is 646 Å². The molecular weight excluding hydrogens is 1430 g/mol. The first-order chi connectivity index (χ1) is 52.8. The Bertz CT molecular complexity index is 2440. The van der Waals surface area contributed by atoms with Crippen molar-refractivity contribution < 1.29 is 129 Å². The highest BCUT2D eigenvalue weighted by Crippen LogP contribution is 2.16. The number of ether oxygens (including phenoxy) is 9. The average molecular weight is 1560 g/mol. The number of nitrogens with one attached hydrogen (secondary N) is 5. The minimum atomic E-state index is -1.25. The fourth-order valence-electron chi connectivity index (χ4n) is 9.76. The monoisotopic (exact) mass is 1560 g/mol. The molecule has 0 aromatic rings. The van der Waals surface area contributed by atoms with E-state index in [-0.39, 0.29) is 120 Å². The lowest BCUT2D eigenvalue weighted by Crippen LogP contribution is -2.31. The summed E-state index contributed by atoms with van der Waals surface area (Å²) in [5.41, 5.74) is 13.2. The lowest BCUT2D eigenvalue weighted by atomic mass is 10.1. The van der Waals surface area contributed by atoms with Crippen LogP contribution in [0.2, 0.25) is 0 Å². The number of rotatable bonds is 77. The molecule has 0 heterocycles. The van der Waals surface area contributed by atoms with E-state index < -0.39 is 112 Å². The Morgan fingerprint density at radius 2 is 0.394 bits per heavy atom. The maximum atomic E-state index is 13.3. The number of hydroxylamine groups is 5. The van der Waals surface area contributed by atoms with Crippen molar-refractivity contribution in [3.05, 3.63) is 0 Å². The average Bonchev–Trinajstić information content (AvgIpc) is 1.61. The molecule has 630 valence electrons. The molecule has 0 fully saturated rings. The molecule has 0 rings (SSSR count). The normalized spacial score (nSPS) is 11.8. The molecule has 0 aliphatic rings. The second-order valence-electron chi connectivity index (χ2n) is 26.6. The van der Waals surface area contributed by atoms with E-state index in [1.165, 1.54) is 0 Å². The Morgan fingerprint density at radius 1 is 0.202 bits per heavy atom. The van der Waals surface area contributed by atoms with Gasteiger partial charge in [0.25, 0.3) is 0 Å². The van der Waals surface area contributed by atoms with Gasteiger partial charge in [0.2, 0.25) is 0 Å². The van der Waals surface area contributed by atoms with Gasteiger partial charge in [-0.2, -0.15) is 27.4 Å². The molecule has 109 heavy (non-hydrogen) atoms. The smallest absolute Gasteiger partial charge is 0.325 e. The molecule has 3 unspecified atom stereocenters. The van der Waals surface area contributed by atoms with Crippen molar-refractivity contribution in [3.63, 3.8) is 0 Å². The van der Waals surface area contributed by atoms with Crippen molar-refractivity contribution in [2.75, 3.05) is 79.0 Å². The van der Waals surface area contributed by atoms with Crippen LogP contribution < -0.4 is 27.4 Å². The van der Waals surface area contributed by atoms with Crippen LogP contribution in [0.15, 0.2) is 0 Å². The van der Waals surface area contributed by atoms with Gasteiger partial charge >= 0.3 is 77.6 Å². The third-order valence-corrected chi connectivity index (χ3v) is 16.2. The van der Waals surface area contributed by atoms with Crippen LogP contribution >= 0.6 is 0 Å². The Balaban J connectivity index is 5.75. The van der Waals surface area contributed by atoms with Crippen molar-refractivity contribution in [2.45, 2.75) is 335 Å². The molecule has 0 aromatic carbocycles. The summed E-state index contributed by atoms with van der Waals surface area (Å²) in [6, 6.07) is 0. The Kier molecular flexibility index (Phi) is 70.0. The minimum Gasteiger partial charge on any atom is -0.462 e. The van der Waals surface area contributed by atoms with Gasteiger partial charge in [-0.15, -0.1) is 0 Å². The molecule has 0 saturated heterocycles. The van der Waals surface area contributed by atoms with E-state index in [4.69, 9.17) is 66.8 Å². The van der Waals surface area contributed by atoms with E-state index in [0.717, 1.165) is 116 Å². The molecule has 0 amide bonds. The summed E-state index contributed by atoms with van der Waals surface area (Å²) in [6.45, 7) is 9.89. The summed E-state index contributed by atoms with van der Waals surface area (Å²) in [5, 5.41) is 0. The molecule has 3 atom stereocenters. The van der Waals surface area contributed by atoms with Gasteiger partial charge < -0.3 is 66.8 Å².